The summed E-state index contributed by atoms with van der Waals surface area (Å²) in [5.41, 5.74) is 3.26. The van der Waals surface area contributed by atoms with Gasteiger partial charge in [-0.05, 0) is 36.6 Å². The van der Waals surface area contributed by atoms with Crippen LogP contribution < -0.4 is 10.1 Å². The predicted octanol–water partition coefficient (Wildman–Crippen LogP) is 3.57. The Hall–Kier alpha value is -3.56. The third kappa shape index (κ3) is 6.22. The van der Waals surface area contributed by atoms with E-state index in [9.17, 15) is 18.0 Å². The van der Waals surface area contributed by atoms with Crippen LogP contribution in [0.15, 0.2) is 54.9 Å². The van der Waals surface area contributed by atoms with E-state index < -0.39 is 12.1 Å². The van der Waals surface area contributed by atoms with Crippen LogP contribution in [0.25, 0.3) is 11.0 Å². The highest BCUT2D eigenvalue weighted by atomic mass is 19.4. The fourth-order valence-electron chi connectivity index (χ4n) is 3.25. The molecule has 0 saturated heterocycles. The van der Waals surface area contributed by atoms with E-state index in [1.54, 1.807) is 6.33 Å². The number of rotatable bonds is 5. The van der Waals surface area contributed by atoms with Crippen molar-refractivity contribution in [1.29, 1.82) is 0 Å². The van der Waals surface area contributed by atoms with Gasteiger partial charge < -0.3 is 19.7 Å². The third-order valence-corrected chi connectivity index (χ3v) is 4.88. The van der Waals surface area contributed by atoms with Crippen LogP contribution in [0.1, 0.15) is 18.4 Å². The summed E-state index contributed by atoms with van der Waals surface area (Å²) in [5, 5.41) is 10.1. The molecule has 1 amide bonds. The summed E-state index contributed by atoms with van der Waals surface area (Å²) < 4.78 is 39.7. The second-order valence-corrected chi connectivity index (χ2v) is 7.17. The largest absolute Gasteiger partial charge is 0.490 e. The third-order valence-electron chi connectivity index (χ3n) is 4.88. The number of nitrogens with one attached hydrogen (secondary N) is 1. The zero-order chi connectivity index (χ0) is 23.1. The van der Waals surface area contributed by atoms with Crippen molar-refractivity contribution in [3.05, 3.63) is 60.4 Å². The number of aromatic nitrogens is 2. The first-order valence-corrected chi connectivity index (χ1v) is 9.95. The second-order valence-electron chi connectivity index (χ2n) is 7.17. The van der Waals surface area contributed by atoms with Gasteiger partial charge in [-0.2, -0.15) is 13.2 Å². The fourth-order valence-corrected chi connectivity index (χ4v) is 3.25. The smallest absolute Gasteiger partial charge is 0.488 e. The maximum atomic E-state index is 12.2. The number of ether oxygens (including phenoxy) is 1. The molecule has 170 valence electrons. The maximum absolute atomic E-state index is 12.2. The number of aryl methyl sites for hydroxylation is 2. The monoisotopic (exact) mass is 449 g/mol. The standard InChI is InChI=1S/C20H21N3O2.C2HF3O2/c24-20(11-12-23-14-22-17-6-2-3-7-18(17)23)21-13-16-10-9-15-5-1-4-8-19(15)25-16;3-2(4,5)1(6)7/h1-8,14,16H,9-13H2,(H,21,24);(H,6,7)/t16-;/m1./s1. The number of amides is 1. The highest BCUT2D eigenvalue weighted by molar-refractivity contribution is 5.77. The van der Waals surface area contributed by atoms with Crippen LogP contribution in [0.5, 0.6) is 5.75 Å². The van der Waals surface area contributed by atoms with Crippen molar-refractivity contribution >= 4 is 22.9 Å². The molecule has 32 heavy (non-hydrogen) atoms. The number of carbonyl (C=O) groups excluding carboxylic acids is 1. The number of aliphatic carboxylic acids is 1. The Kier molecular flexibility index (Phi) is 7.34. The minimum atomic E-state index is -5.08. The minimum absolute atomic E-state index is 0.0419. The first-order chi connectivity index (χ1) is 15.2. The van der Waals surface area contributed by atoms with E-state index in [0.29, 0.717) is 19.5 Å². The van der Waals surface area contributed by atoms with E-state index in [1.165, 1.54) is 5.56 Å². The number of nitrogens with zero attached hydrogens (tertiary/aromatic N) is 2. The van der Waals surface area contributed by atoms with E-state index in [1.807, 2.05) is 47.0 Å². The number of hydrogen-bond acceptors (Lipinski definition) is 4. The average molecular weight is 449 g/mol. The zero-order valence-corrected chi connectivity index (χ0v) is 17.0. The van der Waals surface area contributed by atoms with Gasteiger partial charge in [0.05, 0.1) is 23.9 Å². The van der Waals surface area contributed by atoms with E-state index in [0.717, 1.165) is 29.6 Å². The molecule has 0 saturated carbocycles. The number of para-hydroxylation sites is 3. The Morgan fingerprint density at radius 2 is 1.84 bits per heavy atom. The van der Waals surface area contributed by atoms with Crippen molar-refractivity contribution in [3.63, 3.8) is 0 Å². The molecule has 0 unspecified atom stereocenters. The SMILES string of the molecule is O=C(CCn1cnc2ccccc21)NC[C@H]1CCc2ccccc2O1.O=C(O)C(F)(F)F. The molecule has 2 N–H and O–H groups in total. The number of carbonyl (C=O) groups is 2. The van der Waals surface area contributed by atoms with Crippen LogP contribution in [0.3, 0.4) is 0 Å². The molecule has 0 fully saturated rings. The molecular formula is C22H22F3N3O4. The van der Waals surface area contributed by atoms with Crippen LogP contribution >= 0.6 is 0 Å². The molecule has 0 radical (unpaired) electrons. The lowest BCUT2D eigenvalue weighted by molar-refractivity contribution is -0.192. The first kappa shape index (κ1) is 23.1. The number of alkyl halides is 3. The van der Waals surface area contributed by atoms with Gasteiger partial charge in [-0.15, -0.1) is 0 Å². The Morgan fingerprint density at radius 1 is 1.16 bits per heavy atom. The van der Waals surface area contributed by atoms with Crippen molar-refractivity contribution in [2.75, 3.05) is 6.54 Å². The van der Waals surface area contributed by atoms with Gasteiger partial charge >= 0.3 is 12.1 Å². The van der Waals surface area contributed by atoms with Crippen LogP contribution in [0, 0.1) is 0 Å². The van der Waals surface area contributed by atoms with Gasteiger partial charge in [0.2, 0.25) is 5.91 Å². The summed E-state index contributed by atoms with van der Waals surface area (Å²) in [5.74, 6) is -1.77. The maximum Gasteiger partial charge on any atom is 0.490 e. The van der Waals surface area contributed by atoms with Crippen molar-refractivity contribution in [2.45, 2.75) is 38.1 Å². The van der Waals surface area contributed by atoms with Crippen LogP contribution in [-0.2, 0) is 22.6 Å². The molecular weight excluding hydrogens is 427 g/mol. The molecule has 1 aromatic heterocycles. The zero-order valence-electron chi connectivity index (χ0n) is 17.0. The Bertz CT molecular complexity index is 1080. The first-order valence-electron chi connectivity index (χ1n) is 9.95. The van der Waals surface area contributed by atoms with E-state index in [2.05, 4.69) is 16.4 Å². The van der Waals surface area contributed by atoms with Gasteiger partial charge in [-0.1, -0.05) is 30.3 Å². The van der Waals surface area contributed by atoms with Crippen molar-refractivity contribution in [2.24, 2.45) is 0 Å². The average Bonchev–Trinajstić information content (AvgIpc) is 3.19. The highest BCUT2D eigenvalue weighted by Crippen LogP contribution is 2.26. The Balaban J connectivity index is 0.000000360. The van der Waals surface area contributed by atoms with Crippen molar-refractivity contribution in [3.8, 4) is 5.75 Å². The normalized spacial score (nSPS) is 15.2. The van der Waals surface area contributed by atoms with E-state index >= 15 is 0 Å². The molecule has 0 spiro atoms. The summed E-state index contributed by atoms with van der Waals surface area (Å²) >= 11 is 0. The van der Waals surface area contributed by atoms with Crippen molar-refractivity contribution in [1.82, 2.24) is 14.9 Å². The van der Waals surface area contributed by atoms with Crippen LogP contribution in [0.2, 0.25) is 0 Å². The van der Waals surface area contributed by atoms with Gasteiger partial charge in [0.1, 0.15) is 11.9 Å². The van der Waals surface area contributed by atoms with Crippen LogP contribution in [-0.4, -0.2) is 45.4 Å². The number of hydrogen-bond donors (Lipinski definition) is 2. The number of halogens is 3. The molecule has 0 aliphatic carbocycles. The number of imidazole rings is 1. The number of carboxylic acids is 1. The quantitative estimate of drug-likeness (QED) is 0.621. The second kappa shape index (κ2) is 10.2. The van der Waals surface area contributed by atoms with Crippen LogP contribution in [0.4, 0.5) is 13.2 Å². The van der Waals surface area contributed by atoms with E-state index in [4.69, 9.17) is 14.6 Å². The molecule has 10 heteroatoms. The summed E-state index contributed by atoms with van der Waals surface area (Å²) in [6, 6.07) is 16.1. The molecule has 0 bridgehead atoms. The van der Waals surface area contributed by atoms with Gasteiger partial charge in [0, 0.05) is 13.0 Å². The molecule has 1 aliphatic rings. The van der Waals surface area contributed by atoms with Gasteiger partial charge in [-0.3, -0.25) is 4.79 Å². The lowest BCUT2D eigenvalue weighted by Gasteiger charge is -2.26. The molecule has 4 rings (SSSR count). The molecule has 2 heterocycles. The summed E-state index contributed by atoms with van der Waals surface area (Å²) in [6.45, 7) is 1.18. The molecule has 2 aromatic carbocycles. The lowest BCUT2D eigenvalue weighted by atomic mass is 10.0. The topological polar surface area (TPSA) is 93.5 Å². The van der Waals surface area contributed by atoms with E-state index in [-0.39, 0.29) is 12.0 Å². The Labute approximate surface area is 181 Å². The minimum Gasteiger partial charge on any atom is -0.488 e. The van der Waals surface area contributed by atoms with Gasteiger partial charge in [0.25, 0.3) is 0 Å². The summed E-state index contributed by atoms with van der Waals surface area (Å²) in [7, 11) is 0. The number of benzene rings is 2. The molecule has 3 aromatic rings. The Morgan fingerprint density at radius 3 is 2.59 bits per heavy atom. The van der Waals surface area contributed by atoms with Gasteiger partial charge in [0.15, 0.2) is 0 Å². The highest BCUT2D eigenvalue weighted by Gasteiger charge is 2.38. The molecule has 1 atom stereocenters. The molecule has 7 nitrogen and oxygen atoms in total. The fraction of sp³-hybridized carbons (Fsp3) is 0.318. The number of carboxylic acid groups (broad SMARTS) is 1. The predicted molar refractivity (Wildman–Crippen MR) is 110 cm³/mol. The molecule has 1 aliphatic heterocycles. The number of fused-ring (bicyclic) bond motifs is 2. The van der Waals surface area contributed by atoms with Crippen molar-refractivity contribution < 1.29 is 32.6 Å². The summed E-state index contributed by atoms with van der Waals surface area (Å²) in [6.07, 6.45) is -0.878. The lowest BCUT2D eigenvalue weighted by Crippen LogP contribution is -2.37. The van der Waals surface area contributed by atoms with Gasteiger partial charge in [-0.25, -0.2) is 9.78 Å². The summed E-state index contributed by atoms with van der Waals surface area (Å²) in [4.78, 5) is 25.4.